The molecule has 0 aromatic heterocycles. The van der Waals surface area contributed by atoms with E-state index in [4.69, 9.17) is 34.9 Å². The fraction of sp³-hybridized carbons (Fsp3) is 0.455. The lowest BCUT2D eigenvalue weighted by molar-refractivity contribution is -0.0852. The molecule has 1 aromatic carbocycles. The maximum absolute atomic E-state index is 9.95. The molecule has 0 bridgehead atoms. The predicted molar refractivity (Wildman–Crippen MR) is 80.3 cm³/mol. The second-order valence-electron chi connectivity index (χ2n) is 4.71. The number of phosphoric acid groups is 2. The van der Waals surface area contributed by atoms with E-state index < -0.39 is 47.0 Å². The van der Waals surface area contributed by atoms with Gasteiger partial charge < -0.3 is 40.0 Å². The smallest absolute Gasteiger partial charge is 0.395 e. The summed E-state index contributed by atoms with van der Waals surface area (Å²) in [6.45, 7) is -1.43. The molecule has 140 valence electrons. The van der Waals surface area contributed by atoms with Crippen molar-refractivity contribution < 1.29 is 53.4 Å². The zero-order valence-corrected chi connectivity index (χ0v) is 14.1. The van der Waals surface area contributed by atoms with E-state index in [1.54, 1.807) is 30.3 Å². The topological polar surface area (TPSA) is 205 Å². The van der Waals surface area contributed by atoms with E-state index >= 15 is 0 Å². The highest BCUT2D eigenvalue weighted by atomic mass is 31.3. The summed E-state index contributed by atoms with van der Waals surface area (Å²) in [5.41, 5.74) is -0.726. The van der Waals surface area contributed by atoms with Gasteiger partial charge in [-0.2, -0.15) is 4.31 Å². The van der Waals surface area contributed by atoms with Gasteiger partial charge in [-0.25, -0.2) is 9.13 Å². The van der Waals surface area contributed by atoms with Gasteiger partial charge in [0.05, 0.1) is 31.3 Å². The van der Waals surface area contributed by atoms with Gasteiger partial charge >= 0.3 is 15.6 Å². The molecule has 1 atom stereocenters. The highest BCUT2D eigenvalue weighted by molar-refractivity contribution is 7.60. The van der Waals surface area contributed by atoms with Crippen molar-refractivity contribution in [3.63, 3.8) is 0 Å². The van der Waals surface area contributed by atoms with Crippen LogP contribution in [0.4, 0.5) is 0 Å². The van der Waals surface area contributed by atoms with E-state index in [9.17, 15) is 14.2 Å². The molecule has 0 amide bonds. The molecule has 0 fully saturated rings. The molecule has 1 aromatic rings. The minimum Gasteiger partial charge on any atom is -0.395 e. The maximum Gasteiger partial charge on any atom is 0.478 e. The average molecular weight is 390 g/mol. The minimum absolute atomic E-state index is 0.476. The maximum atomic E-state index is 9.95. The lowest BCUT2D eigenvalue weighted by Gasteiger charge is -2.32. The van der Waals surface area contributed by atoms with E-state index in [0.29, 0.717) is 5.56 Å². The van der Waals surface area contributed by atoms with Gasteiger partial charge in [0, 0.05) is 0 Å². The summed E-state index contributed by atoms with van der Waals surface area (Å²) in [6, 6.07) is 8.65. The van der Waals surface area contributed by atoms with Crippen LogP contribution < -0.4 is 0 Å². The van der Waals surface area contributed by atoms with Crippen LogP contribution >= 0.6 is 15.6 Å². The summed E-state index contributed by atoms with van der Waals surface area (Å²) < 4.78 is 22.2. The van der Waals surface area contributed by atoms with Crippen LogP contribution in [0.3, 0.4) is 0 Å². The monoisotopic (exact) mass is 390 g/mol. The molecule has 8 N–H and O–H groups in total. The van der Waals surface area contributed by atoms with E-state index in [2.05, 4.69) is 4.31 Å². The van der Waals surface area contributed by atoms with Crippen molar-refractivity contribution in [2.24, 2.45) is 5.41 Å². The Morgan fingerprint density at radius 3 is 1.50 bits per heavy atom. The van der Waals surface area contributed by atoms with Crippen molar-refractivity contribution >= 4 is 15.6 Å². The Hall–Kier alpha value is -0.680. The first-order valence-electron chi connectivity index (χ1n) is 6.29. The Balaban J connectivity index is 0.000000506. The minimum atomic E-state index is -5.05. The molecule has 0 aliphatic rings. The molecule has 0 saturated heterocycles. The summed E-state index contributed by atoms with van der Waals surface area (Å²) in [5, 5.41) is 37.3. The number of hydrogen-bond acceptors (Lipinski definition) is 7. The van der Waals surface area contributed by atoms with Gasteiger partial charge in [-0.05, 0) is 5.56 Å². The average Bonchev–Trinajstić information content (AvgIpc) is 2.47. The molecule has 1 rings (SSSR count). The lowest BCUT2D eigenvalue weighted by Crippen LogP contribution is -2.40. The Morgan fingerprint density at radius 2 is 1.25 bits per heavy atom. The molecular formula is C11H20O11P2. The SMILES string of the molecule is O=P(O)(O)OP(=O)(O)O.OCC(CO)(CO)C(O)c1ccccc1. The molecule has 0 radical (unpaired) electrons. The summed E-state index contributed by atoms with van der Waals surface area (Å²) >= 11 is 0. The van der Waals surface area contributed by atoms with Gasteiger partial charge in [0.25, 0.3) is 0 Å². The van der Waals surface area contributed by atoms with Crippen molar-refractivity contribution in [3.8, 4) is 0 Å². The lowest BCUT2D eigenvalue weighted by atomic mass is 9.81. The zero-order chi connectivity index (χ0) is 19.0. The first-order valence-corrected chi connectivity index (χ1v) is 9.35. The Kier molecular flexibility index (Phi) is 9.44. The quantitative estimate of drug-likeness (QED) is 0.261. The number of benzene rings is 1. The molecule has 1 unspecified atom stereocenters. The van der Waals surface area contributed by atoms with Crippen LogP contribution in [0, 0.1) is 5.41 Å². The number of aliphatic hydroxyl groups is 4. The fourth-order valence-corrected chi connectivity index (χ4v) is 2.65. The van der Waals surface area contributed by atoms with Crippen molar-refractivity contribution in [2.45, 2.75) is 6.10 Å². The Bertz CT molecular complexity index is 534. The van der Waals surface area contributed by atoms with Crippen molar-refractivity contribution in [1.29, 1.82) is 0 Å². The summed E-state index contributed by atoms with van der Waals surface area (Å²) in [5.74, 6) is 0. The second kappa shape index (κ2) is 9.71. The van der Waals surface area contributed by atoms with Crippen LogP contribution in [0.15, 0.2) is 30.3 Å². The van der Waals surface area contributed by atoms with Gasteiger partial charge in [0.1, 0.15) is 0 Å². The first-order chi connectivity index (χ1) is 10.9. The molecule has 0 aliphatic heterocycles. The molecule has 13 heteroatoms. The third kappa shape index (κ3) is 8.43. The van der Waals surface area contributed by atoms with Crippen molar-refractivity contribution in [2.75, 3.05) is 19.8 Å². The molecule has 0 aliphatic carbocycles. The standard InChI is InChI=1S/C11H16O4.H4O7P2/c12-6-11(7-13,8-14)10(15)9-4-2-1-3-5-9;1-8(2,3)7-9(4,5)6/h1-5,10,12-15H,6-8H2;(H2,1,2,3)(H2,4,5,6). The second-order valence-corrected chi connectivity index (χ2v) is 7.33. The number of aliphatic hydroxyl groups excluding tert-OH is 4. The van der Waals surface area contributed by atoms with Gasteiger partial charge in [-0.1, -0.05) is 30.3 Å². The molecule has 0 spiro atoms. The third-order valence-electron chi connectivity index (χ3n) is 2.85. The summed E-state index contributed by atoms with van der Waals surface area (Å²) in [6.07, 6.45) is -1.08. The molecule has 11 nitrogen and oxygen atoms in total. The van der Waals surface area contributed by atoms with E-state index in [0.717, 1.165) is 0 Å². The Labute approximate surface area is 137 Å². The van der Waals surface area contributed by atoms with Crippen LogP contribution in [-0.4, -0.2) is 59.8 Å². The molecular weight excluding hydrogens is 370 g/mol. The van der Waals surface area contributed by atoms with Crippen LogP contribution in [-0.2, 0) is 13.4 Å². The summed E-state index contributed by atoms with van der Waals surface area (Å²) in [7, 11) is -10.1. The van der Waals surface area contributed by atoms with Crippen molar-refractivity contribution in [1.82, 2.24) is 0 Å². The van der Waals surface area contributed by atoms with E-state index in [1.807, 2.05) is 0 Å². The van der Waals surface area contributed by atoms with Crippen molar-refractivity contribution in [3.05, 3.63) is 35.9 Å². The highest BCUT2D eigenvalue weighted by Crippen LogP contribution is 2.53. The van der Waals surface area contributed by atoms with Gasteiger partial charge in [0.2, 0.25) is 0 Å². The summed E-state index contributed by atoms with van der Waals surface area (Å²) in [4.78, 5) is 31.0. The normalized spacial score (nSPS) is 13.8. The molecule has 0 saturated carbocycles. The predicted octanol–water partition coefficient (Wildman–Crippen LogP) is -1.13. The van der Waals surface area contributed by atoms with E-state index in [1.165, 1.54) is 0 Å². The van der Waals surface area contributed by atoms with Crippen LogP contribution in [0.25, 0.3) is 0 Å². The van der Waals surface area contributed by atoms with E-state index in [-0.39, 0.29) is 0 Å². The van der Waals surface area contributed by atoms with Crippen LogP contribution in [0.2, 0.25) is 0 Å². The Morgan fingerprint density at radius 1 is 0.875 bits per heavy atom. The first kappa shape index (κ1) is 23.3. The van der Waals surface area contributed by atoms with Crippen LogP contribution in [0.1, 0.15) is 11.7 Å². The van der Waals surface area contributed by atoms with Gasteiger partial charge in [-0.15, -0.1) is 0 Å². The molecule has 0 heterocycles. The fourth-order valence-electron chi connectivity index (χ4n) is 1.54. The highest BCUT2D eigenvalue weighted by Gasteiger charge is 2.37. The van der Waals surface area contributed by atoms with Gasteiger partial charge in [-0.3, -0.25) is 0 Å². The largest absolute Gasteiger partial charge is 0.478 e. The third-order valence-corrected chi connectivity index (χ3v) is 4.55. The number of hydrogen-bond donors (Lipinski definition) is 8. The molecule has 24 heavy (non-hydrogen) atoms. The number of rotatable bonds is 7. The van der Waals surface area contributed by atoms with Crippen LogP contribution in [0.5, 0.6) is 0 Å². The zero-order valence-electron chi connectivity index (χ0n) is 12.3. The van der Waals surface area contributed by atoms with Gasteiger partial charge in [0.15, 0.2) is 0 Å².